The molecule has 6 nitrogen and oxygen atoms in total. The highest BCUT2D eigenvalue weighted by Gasteiger charge is 2.44. The first-order valence-electron chi connectivity index (χ1n) is 6.24. The largest absolute Gasteiger partial charge is 0.316 e. The maximum atomic E-state index is 12.5. The number of nitrogens with one attached hydrogen (secondary N) is 2. The van der Waals surface area contributed by atoms with E-state index in [9.17, 15) is 8.42 Å². The van der Waals surface area contributed by atoms with Gasteiger partial charge in [-0.3, -0.25) is 5.10 Å². The van der Waals surface area contributed by atoms with Crippen LogP contribution in [0.2, 0.25) is 0 Å². The summed E-state index contributed by atoms with van der Waals surface area (Å²) in [5.74, 6) is 0. The van der Waals surface area contributed by atoms with Crippen LogP contribution in [0.15, 0.2) is 11.1 Å². The maximum Gasteiger partial charge on any atom is 0.246 e. The van der Waals surface area contributed by atoms with Crippen LogP contribution in [-0.4, -0.2) is 49.1 Å². The number of rotatable bonds is 2. The quantitative estimate of drug-likeness (QED) is 0.798. The predicted octanol–water partition coefficient (Wildman–Crippen LogP) is 0.0922. The van der Waals surface area contributed by atoms with Gasteiger partial charge in [-0.1, -0.05) is 0 Å². The first-order valence-corrected chi connectivity index (χ1v) is 7.68. The van der Waals surface area contributed by atoms with Crippen molar-refractivity contribution in [2.75, 3.05) is 26.2 Å². The highest BCUT2D eigenvalue weighted by Crippen LogP contribution is 2.38. The Balaban J connectivity index is 1.86. The van der Waals surface area contributed by atoms with Crippen molar-refractivity contribution in [3.05, 3.63) is 11.9 Å². The Hall–Kier alpha value is -0.920. The zero-order valence-corrected chi connectivity index (χ0v) is 11.3. The Morgan fingerprint density at radius 3 is 2.89 bits per heavy atom. The van der Waals surface area contributed by atoms with E-state index in [1.807, 2.05) is 0 Å². The van der Waals surface area contributed by atoms with Crippen LogP contribution in [-0.2, 0) is 10.0 Å². The number of aromatic amines is 1. The highest BCUT2D eigenvalue weighted by molar-refractivity contribution is 7.89. The number of hydrogen-bond acceptors (Lipinski definition) is 4. The lowest BCUT2D eigenvalue weighted by Gasteiger charge is -2.22. The van der Waals surface area contributed by atoms with Gasteiger partial charge in [0.05, 0.1) is 11.9 Å². The first-order chi connectivity index (χ1) is 8.54. The number of aryl methyl sites for hydroxylation is 1. The van der Waals surface area contributed by atoms with Crippen LogP contribution in [0.1, 0.15) is 18.5 Å². The van der Waals surface area contributed by atoms with E-state index < -0.39 is 10.0 Å². The summed E-state index contributed by atoms with van der Waals surface area (Å²) in [6.07, 6.45) is 3.43. The number of H-pyrrole nitrogens is 1. The lowest BCUT2D eigenvalue weighted by atomic mass is 9.87. The van der Waals surface area contributed by atoms with E-state index in [1.165, 1.54) is 6.20 Å². The van der Waals surface area contributed by atoms with Gasteiger partial charge in [-0.05, 0) is 31.7 Å². The molecule has 2 aliphatic rings. The lowest BCUT2D eigenvalue weighted by Crippen LogP contribution is -2.33. The molecule has 0 aliphatic carbocycles. The van der Waals surface area contributed by atoms with E-state index >= 15 is 0 Å². The van der Waals surface area contributed by atoms with E-state index in [2.05, 4.69) is 15.5 Å². The Labute approximate surface area is 107 Å². The molecule has 0 aromatic carbocycles. The van der Waals surface area contributed by atoms with Gasteiger partial charge in [0.1, 0.15) is 4.90 Å². The Kier molecular flexibility index (Phi) is 2.72. The molecule has 18 heavy (non-hydrogen) atoms. The minimum atomic E-state index is -3.38. The summed E-state index contributed by atoms with van der Waals surface area (Å²) < 4.78 is 26.6. The standard InChI is InChI=1S/C11H18N4O2S/c1-9-10(6-13-14-9)18(16,17)15-5-3-11(8-15)2-4-12-7-11/h6,12H,2-5,7-8H2,1H3,(H,13,14). The Morgan fingerprint density at radius 2 is 2.28 bits per heavy atom. The zero-order chi connectivity index (χ0) is 12.8. The minimum absolute atomic E-state index is 0.157. The minimum Gasteiger partial charge on any atom is -0.316 e. The van der Waals surface area contributed by atoms with Gasteiger partial charge in [0.25, 0.3) is 0 Å². The average molecular weight is 270 g/mol. The molecule has 3 rings (SSSR count). The van der Waals surface area contributed by atoms with Crippen molar-refractivity contribution in [2.24, 2.45) is 5.41 Å². The predicted molar refractivity (Wildman–Crippen MR) is 66.6 cm³/mol. The molecule has 1 unspecified atom stereocenters. The lowest BCUT2D eigenvalue weighted by molar-refractivity contribution is 0.338. The molecule has 2 fully saturated rings. The van der Waals surface area contributed by atoms with E-state index in [1.54, 1.807) is 11.2 Å². The van der Waals surface area contributed by atoms with Gasteiger partial charge in [-0.2, -0.15) is 9.40 Å². The summed E-state index contributed by atoms with van der Waals surface area (Å²) in [6, 6.07) is 0. The number of aromatic nitrogens is 2. The molecule has 0 amide bonds. The summed E-state index contributed by atoms with van der Waals surface area (Å²) >= 11 is 0. The molecule has 1 aromatic heterocycles. The van der Waals surface area contributed by atoms with Crippen molar-refractivity contribution < 1.29 is 8.42 Å². The third-order valence-electron chi connectivity index (χ3n) is 4.14. The van der Waals surface area contributed by atoms with Crippen LogP contribution < -0.4 is 5.32 Å². The van der Waals surface area contributed by atoms with Crippen molar-refractivity contribution in [1.82, 2.24) is 19.8 Å². The average Bonchev–Trinajstić information content (AvgIpc) is 3.02. The maximum absolute atomic E-state index is 12.5. The van der Waals surface area contributed by atoms with Gasteiger partial charge in [0, 0.05) is 19.6 Å². The van der Waals surface area contributed by atoms with Crippen LogP contribution in [0.4, 0.5) is 0 Å². The van der Waals surface area contributed by atoms with Crippen molar-refractivity contribution in [3.63, 3.8) is 0 Å². The first kappa shape index (κ1) is 12.1. The van der Waals surface area contributed by atoms with Crippen LogP contribution in [0.25, 0.3) is 0 Å². The number of nitrogens with zero attached hydrogens (tertiary/aromatic N) is 2. The van der Waals surface area contributed by atoms with E-state index in [4.69, 9.17) is 0 Å². The van der Waals surface area contributed by atoms with Crippen molar-refractivity contribution in [1.29, 1.82) is 0 Å². The normalized spacial score (nSPS) is 29.4. The molecule has 1 aromatic rings. The molecule has 3 heterocycles. The van der Waals surface area contributed by atoms with Crippen LogP contribution >= 0.6 is 0 Å². The molecule has 2 N–H and O–H groups in total. The summed E-state index contributed by atoms with van der Waals surface area (Å²) in [6.45, 7) is 4.92. The van der Waals surface area contributed by atoms with Gasteiger partial charge >= 0.3 is 0 Å². The monoisotopic (exact) mass is 270 g/mol. The van der Waals surface area contributed by atoms with E-state index in [0.29, 0.717) is 23.7 Å². The fourth-order valence-corrected chi connectivity index (χ4v) is 4.65. The highest BCUT2D eigenvalue weighted by atomic mass is 32.2. The second-order valence-corrected chi connectivity index (χ2v) is 7.28. The van der Waals surface area contributed by atoms with Crippen LogP contribution in [0.5, 0.6) is 0 Å². The summed E-state index contributed by atoms with van der Waals surface area (Å²) in [5, 5.41) is 9.83. The van der Waals surface area contributed by atoms with E-state index in [0.717, 1.165) is 25.9 Å². The van der Waals surface area contributed by atoms with E-state index in [-0.39, 0.29) is 5.41 Å². The second kappa shape index (κ2) is 4.04. The molecule has 1 spiro atoms. The fraction of sp³-hybridized carbons (Fsp3) is 0.727. The number of hydrogen-bond donors (Lipinski definition) is 2. The fourth-order valence-electron chi connectivity index (χ4n) is 2.98. The molecule has 2 saturated heterocycles. The smallest absolute Gasteiger partial charge is 0.246 e. The van der Waals surface area contributed by atoms with Crippen molar-refractivity contribution in [3.8, 4) is 0 Å². The second-order valence-electron chi connectivity index (χ2n) is 5.37. The van der Waals surface area contributed by atoms with Gasteiger partial charge in [-0.15, -0.1) is 0 Å². The number of sulfonamides is 1. The molecule has 0 bridgehead atoms. The van der Waals surface area contributed by atoms with Gasteiger partial charge < -0.3 is 5.32 Å². The van der Waals surface area contributed by atoms with Crippen LogP contribution in [0.3, 0.4) is 0 Å². The SMILES string of the molecule is Cc1[nH]ncc1S(=O)(=O)N1CCC2(CCNC2)C1. The molecule has 0 saturated carbocycles. The molecule has 2 aliphatic heterocycles. The zero-order valence-electron chi connectivity index (χ0n) is 10.4. The van der Waals surface area contributed by atoms with Gasteiger partial charge in [-0.25, -0.2) is 8.42 Å². The topological polar surface area (TPSA) is 78.1 Å². The molecule has 7 heteroatoms. The van der Waals surface area contributed by atoms with Gasteiger partial charge in [0.2, 0.25) is 10.0 Å². The van der Waals surface area contributed by atoms with Gasteiger partial charge in [0.15, 0.2) is 0 Å². The van der Waals surface area contributed by atoms with Crippen molar-refractivity contribution >= 4 is 10.0 Å². The van der Waals surface area contributed by atoms with Crippen molar-refractivity contribution in [2.45, 2.75) is 24.7 Å². The summed E-state index contributed by atoms with van der Waals surface area (Å²) in [5.41, 5.74) is 0.769. The third kappa shape index (κ3) is 1.77. The molecule has 1 atom stereocenters. The molecular formula is C11H18N4O2S. The van der Waals surface area contributed by atoms with Crippen LogP contribution in [0, 0.1) is 12.3 Å². The third-order valence-corrected chi connectivity index (χ3v) is 6.10. The molecule has 100 valence electrons. The Bertz CT molecular complexity index is 545. The summed E-state index contributed by atoms with van der Waals surface area (Å²) in [4.78, 5) is 0.311. The Morgan fingerprint density at radius 1 is 1.44 bits per heavy atom. The molecule has 0 radical (unpaired) electrons. The molecular weight excluding hydrogens is 252 g/mol. The summed E-state index contributed by atoms with van der Waals surface area (Å²) in [7, 11) is -3.38.